The monoisotopic (exact) mass is 399 g/mol. The number of rotatable bonds is 5. The number of likely N-dealkylation sites (tertiary alicyclic amines) is 1. The maximum atomic E-state index is 13.2. The van der Waals surface area contributed by atoms with E-state index in [2.05, 4.69) is 54.0 Å². The molecular weight excluding hydrogens is 378 g/mol. The Morgan fingerprint density at radius 1 is 1.12 bits per heavy atom. The second kappa shape index (κ2) is 6.26. The number of carbonyl (C=O) groups is 1. The van der Waals surface area contributed by atoms with Crippen molar-refractivity contribution in [3.05, 3.63) is 71.8 Å². The lowest BCUT2D eigenvalue weighted by Gasteiger charge is -2.55. The number of alkyl halides is 1. The fourth-order valence-electron chi connectivity index (χ4n) is 4.00. The summed E-state index contributed by atoms with van der Waals surface area (Å²) < 4.78 is 5.18. The molecule has 4 heteroatoms. The van der Waals surface area contributed by atoms with Crippen molar-refractivity contribution in [1.82, 2.24) is 4.90 Å². The number of epoxide rings is 1. The molecule has 3 nitrogen and oxygen atoms in total. The van der Waals surface area contributed by atoms with E-state index in [0.717, 1.165) is 17.5 Å². The number of amides is 1. The molecule has 2 fully saturated rings. The molecule has 130 valence electrons. The van der Waals surface area contributed by atoms with Crippen LogP contribution in [0.3, 0.4) is 0 Å². The van der Waals surface area contributed by atoms with Crippen molar-refractivity contribution in [2.75, 3.05) is 0 Å². The first-order valence-corrected chi connectivity index (χ1v) is 9.65. The van der Waals surface area contributed by atoms with Crippen molar-refractivity contribution >= 4 is 21.8 Å². The van der Waals surface area contributed by atoms with Gasteiger partial charge < -0.3 is 9.64 Å². The van der Waals surface area contributed by atoms with Crippen LogP contribution in [0, 0.1) is 0 Å². The van der Waals surface area contributed by atoms with Crippen molar-refractivity contribution in [2.24, 2.45) is 0 Å². The first-order chi connectivity index (χ1) is 12.1. The van der Waals surface area contributed by atoms with Crippen LogP contribution >= 0.6 is 15.9 Å². The highest BCUT2D eigenvalue weighted by atomic mass is 79.9. The van der Waals surface area contributed by atoms with Gasteiger partial charge >= 0.3 is 0 Å². The first-order valence-electron chi connectivity index (χ1n) is 8.86. The molecule has 0 aliphatic carbocycles. The van der Waals surface area contributed by atoms with Crippen molar-refractivity contribution in [1.29, 1.82) is 0 Å². The van der Waals surface area contributed by atoms with Gasteiger partial charge in [-0.25, -0.2) is 0 Å². The Labute approximate surface area is 157 Å². The summed E-state index contributed by atoms with van der Waals surface area (Å²) in [5.41, 5.74) is 2.29. The van der Waals surface area contributed by atoms with Gasteiger partial charge in [0.05, 0.1) is 18.2 Å². The molecular formula is C21H22BrNO2. The average Bonchev–Trinajstić information content (AvgIpc) is 3.46. The Morgan fingerprint density at radius 3 is 2.28 bits per heavy atom. The molecule has 0 radical (unpaired) electrons. The maximum absolute atomic E-state index is 13.2. The Morgan fingerprint density at radius 2 is 1.72 bits per heavy atom. The van der Waals surface area contributed by atoms with Gasteiger partial charge in [0, 0.05) is 0 Å². The number of benzene rings is 2. The summed E-state index contributed by atoms with van der Waals surface area (Å²) in [6, 6.07) is 20.5. The average molecular weight is 400 g/mol. The molecule has 0 N–H and O–H groups in total. The second-order valence-corrected chi connectivity index (χ2v) is 8.20. The summed E-state index contributed by atoms with van der Waals surface area (Å²) in [4.78, 5) is 15.2. The molecule has 0 bridgehead atoms. The van der Waals surface area contributed by atoms with E-state index < -0.39 is 4.32 Å². The van der Waals surface area contributed by atoms with Crippen LogP contribution in [-0.2, 0) is 9.53 Å². The van der Waals surface area contributed by atoms with Crippen LogP contribution in [0.2, 0.25) is 0 Å². The molecule has 0 unspecified atom stereocenters. The topological polar surface area (TPSA) is 32.8 Å². The Balaban J connectivity index is 1.71. The minimum absolute atomic E-state index is 0.0170. The van der Waals surface area contributed by atoms with Crippen LogP contribution in [0.15, 0.2) is 60.7 Å². The van der Waals surface area contributed by atoms with E-state index in [1.54, 1.807) is 0 Å². The molecule has 0 saturated carbocycles. The third-order valence-corrected chi connectivity index (χ3v) is 6.68. The van der Waals surface area contributed by atoms with Crippen LogP contribution in [0.1, 0.15) is 43.5 Å². The van der Waals surface area contributed by atoms with Gasteiger partial charge in [0.25, 0.3) is 0 Å². The van der Waals surface area contributed by atoms with E-state index in [4.69, 9.17) is 4.74 Å². The first kappa shape index (κ1) is 16.8. The number of hydrogen-bond donors (Lipinski definition) is 0. The number of carbonyl (C=O) groups excluding carboxylic acids is 1. The van der Waals surface area contributed by atoms with Gasteiger partial charge in [-0.15, -0.1) is 0 Å². The summed E-state index contributed by atoms with van der Waals surface area (Å²) in [6.07, 6.45) is 1.05. The van der Waals surface area contributed by atoms with Crippen molar-refractivity contribution < 1.29 is 9.53 Å². The smallest absolute Gasteiger partial charge is 0.245 e. The standard InChI is InChI=1S/C21H22BrNO2/c1-3-17-19(25-17)21(22)18(16-12-8-5-9-13-16)23(20(21)24)14(2)15-10-6-4-7-11-15/h4-14,17-19H,3H2,1-2H3/t14-,17-,18-,19-,21-/m0/s1. The van der Waals surface area contributed by atoms with Gasteiger partial charge in [-0.05, 0) is 24.5 Å². The van der Waals surface area contributed by atoms with Crippen molar-refractivity contribution in [2.45, 2.75) is 48.9 Å². The fraction of sp³-hybridized carbons (Fsp3) is 0.381. The van der Waals surface area contributed by atoms with Gasteiger partial charge in [0.15, 0.2) is 4.32 Å². The Kier molecular flexibility index (Phi) is 4.20. The van der Waals surface area contributed by atoms with Gasteiger partial charge in [0.2, 0.25) is 5.91 Å². The molecule has 2 aromatic rings. The molecule has 4 rings (SSSR count). The van der Waals surface area contributed by atoms with Crippen LogP contribution in [0.5, 0.6) is 0 Å². The van der Waals surface area contributed by atoms with Crippen LogP contribution in [0.4, 0.5) is 0 Å². The Bertz CT molecular complexity index is 766. The fourth-order valence-corrected chi connectivity index (χ4v) is 5.09. The molecule has 1 amide bonds. The van der Waals surface area contributed by atoms with E-state index in [1.807, 2.05) is 41.3 Å². The minimum atomic E-state index is -0.655. The number of hydrogen-bond acceptors (Lipinski definition) is 2. The van der Waals surface area contributed by atoms with Crippen LogP contribution < -0.4 is 0 Å². The highest BCUT2D eigenvalue weighted by molar-refractivity contribution is 9.10. The quantitative estimate of drug-likeness (QED) is 0.416. The maximum Gasteiger partial charge on any atom is 0.245 e. The second-order valence-electron chi connectivity index (χ2n) is 6.88. The molecule has 2 saturated heterocycles. The summed E-state index contributed by atoms with van der Waals surface area (Å²) in [5.74, 6) is 0.124. The van der Waals surface area contributed by atoms with Crippen molar-refractivity contribution in [3.63, 3.8) is 0 Å². The molecule has 2 heterocycles. The number of ether oxygens (including phenoxy) is 1. The third-order valence-electron chi connectivity index (χ3n) is 5.45. The predicted molar refractivity (Wildman–Crippen MR) is 101 cm³/mol. The number of halogens is 1. The van der Waals surface area contributed by atoms with E-state index in [-0.39, 0.29) is 30.2 Å². The molecule has 5 atom stereocenters. The van der Waals surface area contributed by atoms with Crippen LogP contribution in [-0.4, -0.2) is 27.3 Å². The normalized spacial score (nSPS) is 32.2. The third kappa shape index (κ3) is 2.54. The lowest BCUT2D eigenvalue weighted by Crippen LogP contribution is -2.68. The molecule has 0 aromatic heterocycles. The van der Waals surface area contributed by atoms with E-state index in [9.17, 15) is 4.79 Å². The largest absolute Gasteiger partial charge is 0.367 e. The Hall–Kier alpha value is -1.65. The minimum Gasteiger partial charge on any atom is -0.367 e. The summed E-state index contributed by atoms with van der Waals surface area (Å²) in [7, 11) is 0. The number of nitrogens with zero attached hydrogens (tertiary/aromatic N) is 1. The van der Waals surface area contributed by atoms with Crippen LogP contribution in [0.25, 0.3) is 0 Å². The van der Waals surface area contributed by atoms with Crippen molar-refractivity contribution in [3.8, 4) is 0 Å². The number of β-lactam (4-membered cyclic amide) rings is 1. The zero-order valence-corrected chi connectivity index (χ0v) is 16.0. The van der Waals surface area contributed by atoms with E-state index in [1.165, 1.54) is 0 Å². The molecule has 25 heavy (non-hydrogen) atoms. The zero-order valence-electron chi connectivity index (χ0n) is 14.4. The summed E-state index contributed by atoms with van der Waals surface area (Å²) in [6.45, 7) is 4.20. The van der Waals surface area contributed by atoms with Gasteiger partial charge in [0.1, 0.15) is 6.10 Å². The van der Waals surface area contributed by atoms with E-state index in [0.29, 0.717) is 0 Å². The molecule has 2 aromatic carbocycles. The van der Waals surface area contributed by atoms with Gasteiger partial charge in [-0.2, -0.15) is 0 Å². The highest BCUT2D eigenvalue weighted by Gasteiger charge is 2.71. The molecule has 2 aliphatic rings. The predicted octanol–water partition coefficient (Wildman–Crippen LogP) is 4.64. The molecule has 2 aliphatic heterocycles. The highest BCUT2D eigenvalue weighted by Crippen LogP contribution is 2.59. The summed E-state index contributed by atoms with van der Waals surface area (Å²) >= 11 is 3.81. The van der Waals surface area contributed by atoms with Gasteiger partial charge in [-0.3, -0.25) is 4.79 Å². The molecule has 0 spiro atoms. The lowest BCUT2D eigenvalue weighted by atomic mass is 9.77. The van der Waals surface area contributed by atoms with Gasteiger partial charge in [-0.1, -0.05) is 83.5 Å². The zero-order chi connectivity index (χ0) is 17.6. The summed E-state index contributed by atoms with van der Waals surface area (Å²) in [5, 5.41) is 0. The van der Waals surface area contributed by atoms with E-state index >= 15 is 0 Å². The SMILES string of the molecule is CC[C@@H]1O[C@@H]1[C@]1(Br)C(=O)N([C@@H](C)c2ccccc2)[C@H]1c1ccccc1. The lowest BCUT2D eigenvalue weighted by molar-refractivity contribution is -0.157.